The number of para-hydroxylation sites is 1. The molecule has 1 aromatic heterocycles. The monoisotopic (exact) mass is 244 g/mol. The molecule has 3 nitrogen and oxygen atoms in total. The Labute approximate surface area is 108 Å². The van der Waals surface area contributed by atoms with E-state index in [-0.39, 0.29) is 6.10 Å². The molecule has 2 aromatic rings. The van der Waals surface area contributed by atoms with Crippen molar-refractivity contribution in [2.75, 3.05) is 13.1 Å². The fourth-order valence-electron chi connectivity index (χ4n) is 1.98. The number of nitrogens with zero attached hydrogens (tertiary/aromatic N) is 1. The van der Waals surface area contributed by atoms with Crippen LogP contribution < -0.4 is 5.32 Å². The van der Waals surface area contributed by atoms with Gasteiger partial charge in [0.1, 0.15) is 0 Å². The smallest absolute Gasteiger partial charge is 0.0719 e. The van der Waals surface area contributed by atoms with E-state index in [0.29, 0.717) is 13.0 Å². The third-order valence-electron chi connectivity index (χ3n) is 2.91. The highest BCUT2D eigenvalue weighted by Gasteiger charge is 2.06. The summed E-state index contributed by atoms with van der Waals surface area (Å²) in [5.41, 5.74) is 1.93. The van der Waals surface area contributed by atoms with Crippen LogP contribution in [0.1, 0.15) is 19.0 Å². The van der Waals surface area contributed by atoms with Crippen LogP contribution in [0, 0.1) is 0 Å². The molecule has 18 heavy (non-hydrogen) atoms. The molecule has 0 bridgehead atoms. The molecule has 2 N–H and O–H groups in total. The minimum atomic E-state index is -0.370. The predicted molar refractivity (Wildman–Crippen MR) is 74.6 cm³/mol. The van der Waals surface area contributed by atoms with E-state index in [4.69, 9.17) is 0 Å². The first-order valence-electron chi connectivity index (χ1n) is 6.53. The number of rotatable bonds is 6. The molecule has 0 saturated carbocycles. The standard InChI is InChI=1S/C15H20N2O/c1-2-9-16-11-14(18)10-13-8-7-12-5-3-4-6-15(12)17-13/h3-8,14,16,18H,2,9-11H2,1H3. The third kappa shape index (κ3) is 3.52. The number of fused-ring (bicyclic) bond motifs is 1. The van der Waals surface area contributed by atoms with E-state index >= 15 is 0 Å². The lowest BCUT2D eigenvalue weighted by molar-refractivity contribution is 0.171. The molecule has 0 amide bonds. The first kappa shape index (κ1) is 13.0. The lowest BCUT2D eigenvalue weighted by atomic mass is 10.1. The summed E-state index contributed by atoms with van der Waals surface area (Å²) < 4.78 is 0. The van der Waals surface area contributed by atoms with Gasteiger partial charge in [-0.2, -0.15) is 0 Å². The van der Waals surface area contributed by atoms with E-state index in [1.165, 1.54) is 0 Å². The molecule has 0 aliphatic carbocycles. The van der Waals surface area contributed by atoms with Gasteiger partial charge in [0.25, 0.3) is 0 Å². The number of pyridine rings is 1. The van der Waals surface area contributed by atoms with E-state index in [0.717, 1.165) is 29.6 Å². The topological polar surface area (TPSA) is 45.1 Å². The number of hydrogen-bond donors (Lipinski definition) is 2. The van der Waals surface area contributed by atoms with Crippen LogP contribution in [0.3, 0.4) is 0 Å². The maximum atomic E-state index is 9.90. The Morgan fingerprint density at radius 3 is 2.89 bits per heavy atom. The van der Waals surface area contributed by atoms with Crippen molar-refractivity contribution < 1.29 is 5.11 Å². The van der Waals surface area contributed by atoms with Crippen LogP contribution >= 0.6 is 0 Å². The van der Waals surface area contributed by atoms with E-state index in [1.54, 1.807) is 0 Å². The molecule has 0 saturated heterocycles. The zero-order valence-corrected chi connectivity index (χ0v) is 10.8. The molecule has 1 atom stereocenters. The van der Waals surface area contributed by atoms with Gasteiger partial charge in [-0.15, -0.1) is 0 Å². The van der Waals surface area contributed by atoms with Crippen molar-refractivity contribution in [2.45, 2.75) is 25.9 Å². The highest BCUT2D eigenvalue weighted by Crippen LogP contribution is 2.12. The summed E-state index contributed by atoms with van der Waals surface area (Å²) >= 11 is 0. The van der Waals surface area contributed by atoms with E-state index < -0.39 is 0 Å². The SMILES string of the molecule is CCCNCC(O)Cc1ccc2ccccc2n1. The molecule has 0 fully saturated rings. The molecule has 96 valence electrons. The Kier molecular flexibility index (Phi) is 4.67. The van der Waals surface area contributed by atoms with E-state index in [1.807, 2.05) is 30.3 Å². The van der Waals surface area contributed by atoms with Crippen molar-refractivity contribution in [3.05, 3.63) is 42.1 Å². The first-order chi connectivity index (χ1) is 8.79. The van der Waals surface area contributed by atoms with Crippen LogP contribution in [-0.2, 0) is 6.42 Å². The summed E-state index contributed by atoms with van der Waals surface area (Å²) in [5, 5.41) is 14.3. The van der Waals surface area contributed by atoms with Crippen molar-refractivity contribution in [1.29, 1.82) is 0 Å². The number of nitrogens with one attached hydrogen (secondary N) is 1. The molecule has 1 aromatic carbocycles. The molecular weight excluding hydrogens is 224 g/mol. The van der Waals surface area contributed by atoms with E-state index in [2.05, 4.69) is 23.3 Å². The minimum Gasteiger partial charge on any atom is -0.391 e. The summed E-state index contributed by atoms with van der Waals surface area (Å²) in [6.45, 7) is 3.69. The molecule has 1 unspecified atom stereocenters. The Balaban J connectivity index is 1.98. The highest BCUT2D eigenvalue weighted by molar-refractivity contribution is 5.78. The molecule has 0 spiro atoms. The van der Waals surface area contributed by atoms with Gasteiger partial charge in [0.2, 0.25) is 0 Å². The number of aliphatic hydroxyl groups is 1. The quantitative estimate of drug-likeness (QED) is 0.765. The number of aromatic nitrogens is 1. The number of benzene rings is 1. The van der Waals surface area contributed by atoms with Crippen LogP contribution in [0.2, 0.25) is 0 Å². The molecule has 0 aliphatic rings. The van der Waals surface area contributed by atoms with Crippen LogP contribution in [0.5, 0.6) is 0 Å². The largest absolute Gasteiger partial charge is 0.391 e. The molecule has 0 aliphatic heterocycles. The highest BCUT2D eigenvalue weighted by atomic mass is 16.3. The van der Waals surface area contributed by atoms with Crippen LogP contribution in [0.15, 0.2) is 36.4 Å². The molecule has 3 heteroatoms. The molecule has 0 radical (unpaired) electrons. The fourth-order valence-corrected chi connectivity index (χ4v) is 1.98. The maximum absolute atomic E-state index is 9.90. The van der Waals surface area contributed by atoms with Crippen molar-refractivity contribution in [3.8, 4) is 0 Å². The Morgan fingerprint density at radius 2 is 2.06 bits per heavy atom. The maximum Gasteiger partial charge on any atom is 0.0719 e. The second kappa shape index (κ2) is 6.47. The van der Waals surface area contributed by atoms with Gasteiger partial charge in [-0.05, 0) is 25.1 Å². The average molecular weight is 244 g/mol. The second-order valence-corrected chi connectivity index (χ2v) is 4.56. The number of aliphatic hydroxyl groups excluding tert-OH is 1. The third-order valence-corrected chi connectivity index (χ3v) is 2.91. The molecular formula is C15H20N2O. The zero-order valence-electron chi connectivity index (χ0n) is 10.8. The Bertz CT molecular complexity index is 499. The summed E-state index contributed by atoms with van der Waals surface area (Å²) in [7, 11) is 0. The Hall–Kier alpha value is -1.45. The van der Waals surface area contributed by atoms with Crippen molar-refractivity contribution >= 4 is 10.9 Å². The summed E-state index contributed by atoms with van der Waals surface area (Å²) in [5.74, 6) is 0. The first-order valence-corrected chi connectivity index (χ1v) is 6.53. The predicted octanol–water partition coefficient (Wildman–Crippen LogP) is 2.14. The van der Waals surface area contributed by atoms with Crippen molar-refractivity contribution in [1.82, 2.24) is 10.3 Å². The summed E-state index contributed by atoms with van der Waals surface area (Å²) in [4.78, 5) is 4.56. The zero-order chi connectivity index (χ0) is 12.8. The van der Waals surface area contributed by atoms with Gasteiger partial charge in [0.05, 0.1) is 11.6 Å². The minimum absolute atomic E-state index is 0.370. The van der Waals surface area contributed by atoms with Gasteiger partial charge in [-0.25, -0.2) is 0 Å². The van der Waals surface area contributed by atoms with Crippen LogP contribution in [-0.4, -0.2) is 29.3 Å². The summed E-state index contributed by atoms with van der Waals surface area (Å²) in [6.07, 6.45) is 1.31. The normalized spacial score (nSPS) is 12.8. The summed E-state index contributed by atoms with van der Waals surface area (Å²) in [6, 6.07) is 12.1. The van der Waals surface area contributed by atoms with Crippen LogP contribution in [0.4, 0.5) is 0 Å². The Morgan fingerprint density at radius 1 is 1.22 bits per heavy atom. The molecule has 2 rings (SSSR count). The lowest BCUT2D eigenvalue weighted by Gasteiger charge is -2.11. The number of hydrogen-bond acceptors (Lipinski definition) is 3. The van der Waals surface area contributed by atoms with Crippen molar-refractivity contribution in [3.63, 3.8) is 0 Å². The van der Waals surface area contributed by atoms with Gasteiger partial charge < -0.3 is 10.4 Å². The van der Waals surface area contributed by atoms with Gasteiger partial charge >= 0.3 is 0 Å². The fraction of sp³-hybridized carbons (Fsp3) is 0.400. The van der Waals surface area contributed by atoms with Crippen LogP contribution in [0.25, 0.3) is 10.9 Å². The van der Waals surface area contributed by atoms with Gasteiger partial charge in [-0.1, -0.05) is 31.2 Å². The van der Waals surface area contributed by atoms with Gasteiger partial charge in [0, 0.05) is 24.0 Å². The van der Waals surface area contributed by atoms with Gasteiger partial charge in [0.15, 0.2) is 0 Å². The average Bonchev–Trinajstić information content (AvgIpc) is 2.39. The van der Waals surface area contributed by atoms with E-state index in [9.17, 15) is 5.11 Å². The molecule has 1 heterocycles. The second-order valence-electron chi connectivity index (χ2n) is 4.56. The lowest BCUT2D eigenvalue weighted by Crippen LogP contribution is -2.29. The van der Waals surface area contributed by atoms with Crippen molar-refractivity contribution in [2.24, 2.45) is 0 Å². The van der Waals surface area contributed by atoms with Gasteiger partial charge in [-0.3, -0.25) is 4.98 Å².